The fourth-order valence-corrected chi connectivity index (χ4v) is 2.01. The van der Waals surface area contributed by atoms with E-state index in [1.54, 1.807) is 7.11 Å². The van der Waals surface area contributed by atoms with E-state index in [0.29, 0.717) is 12.2 Å². The van der Waals surface area contributed by atoms with E-state index in [9.17, 15) is 0 Å². The van der Waals surface area contributed by atoms with Crippen molar-refractivity contribution in [1.29, 1.82) is 0 Å². The van der Waals surface area contributed by atoms with Gasteiger partial charge >= 0.3 is 0 Å². The molecule has 0 amide bonds. The Hall–Kier alpha value is -0.860. The van der Waals surface area contributed by atoms with Crippen molar-refractivity contribution in [3.63, 3.8) is 0 Å². The lowest BCUT2D eigenvalue weighted by molar-refractivity contribution is 0.0650. The van der Waals surface area contributed by atoms with Gasteiger partial charge in [0.2, 0.25) is 0 Å². The number of benzene rings is 1. The van der Waals surface area contributed by atoms with Crippen molar-refractivity contribution in [1.82, 2.24) is 0 Å². The highest BCUT2D eigenvalue weighted by Crippen LogP contribution is 2.20. The normalized spacial score (nSPS) is 25.7. The van der Waals surface area contributed by atoms with Gasteiger partial charge < -0.3 is 9.47 Å². The Morgan fingerprint density at radius 3 is 2.80 bits per heavy atom. The third-order valence-electron chi connectivity index (χ3n) is 2.97. The molecule has 0 radical (unpaired) electrons. The van der Waals surface area contributed by atoms with Crippen molar-refractivity contribution in [2.24, 2.45) is 0 Å². The fraction of sp³-hybridized carbons (Fsp3) is 0.538. The first-order valence-electron chi connectivity index (χ1n) is 5.57. The molecule has 1 fully saturated rings. The SMILES string of the molecule is CO[C@H]1COC(CCc2ccccc2)C1. The highest BCUT2D eigenvalue weighted by molar-refractivity contribution is 5.14. The molecule has 1 aromatic rings. The van der Waals surface area contributed by atoms with E-state index < -0.39 is 0 Å². The number of aryl methyl sites for hydroxylation is 1. The molecule has 0 aromatic heterocycles. The molecule has 1 heterocycles. The Kier molecular flexibility index (Phi) is 3.75. The molecule has 0 spiro atoms. The van der Waals surface area contributed by atoms with E-state index in [4.69, 9.17) is 9.47 Å². The van der Waals surface area contributed by atoms with Crippen molar-refractivity contribution in [3.05, 3.63) is 35.9 Å². The smallest absolute Gasteiger partial charge is 0.0829 e. The molecule has 1 unspecified atom stereocenters. The minimum absolute atomic E-state index is 0.311. The summed E-state index contributed by atoms with van der Waals surface area (Å²) in [5, 5.41) is 0. The highest BCUT2D eigenvalue weighted by Gasteiger charge is 2.24. The molecule has 82 valence electrons. The summed E-state index contributed by atoms with van der Waals surface area (Å²) in [7, 11) is 1.76. The molecule has 2 atom stereocenters. The zero-order chi connectivity index (χ0) is 10.5. The minimum Gasteiger partial charge on any atom is -0.379 e. The topological polar surface area (TPSA) is 18.5 Å². The lowest BCUT2D eigenvalue weighted by Crippen LogP contribution is -2.10. The predicted molar refractivity (Wildman–Crippen MR) is 59.9 cm³/mol. The molecule has 0 N–H and O–H groups in total. The summed E-state index contributed by atoms with van der Waals surface area (Å²) in [6.07, 6.45) is 3.94. The zero-order valence-corrected chi connectivity index (χ0v) is 9.19. The first-order chi connectivity index (χ1) is 7.38. The maximum absolute atomic E-state index is 5.65. The number of hydrogen-bond acceptors (Lipinski definition) is 2. The molecular weight excluding hydrogens is 188 g/mol. The fourth-order valence-electron chi connectivity index (χ4n) is 2.01. The number of hydrogen-bond donors (Lipinski definition) is 0. The van der Waals surface area contributed by atoms with Gasteiger partial charge in [0.1, 0.15) is 0 Å². The molecule has 1 saturated heterocycles. The molecule has 1 aliphatic heterocycles. The van der Waals surface area contributed by atoms with E-state index in [0.717, 1.165) is 25.9 Å². The number of ether oxygens (including phenoxy) is 2. The van der Waals surface area contributed by atoms with Crippen LogP contribution in [0, 0.1) is 0 Å². The lowest BCUT2D eigenvalue weighted by atomic mass is 10.0. The van der Waals surface area contributed by atoms with Gasteiger partial charge in [0.15, 0.2) is 0 Å². The van der Waals surface area contributed by atoms with Crippen molar-refractivity contribution in [3.8, 4) is 0 Å². The van der Waals surface area contributed by atoms with E-state index in [-0.39, 0.29) is 0 Å². The second-order valence-corrected chi connectivity index (χ2v) is 4.07. The van der Waals surface area contributed by atoms with E-state index in [1.807, 2.05) is 0 Å². The van der Waals surface area contributed by atoms with Crippen LogP contribution in [0.15, 0.2) is 30.3 Å². The molecule has 1 aliphatic rings. The standard InChI is InChI=1S/C13H18O2/c1-14-13-9-12(15-10-13)8-7-11-5-3-2-4-6-11/h2-6,12-13H,7-10H2,1H3/t12?,13-/m1/s1. The first-order valence-corrected chi connectivity index (χ1v) is 5.57. The van der Waals surface area contributed by atoms with Crippen molar-refractivity contribution < 1.29 is 9.47 Å². The predicted octanol–water partition coefficient (Wildman–Crippen LogP) is 2.42. The minimum atomic E-state index is 0.311. The molecule has 2 heteroatoms. The summed E-state index contributed by atoms with van der Waals surface area (Å²) >= 11 is 0. The first kappa shape index (κ1) is 10.7. The van der Waals surface area contributed by atoms with Gasteiger partial charge in [-0.2, -0.15) is 0 Å². The second-order valence-electron chi connectivity index (χ2n) is 4.07. The van der Waals surface area contributed by atoms with Crippen LogP contribution in [0.5, 0.6) is 0 Å². The van der Waals surface area contributed by atoms with Gasteiger partial charge in [-0.3, -0.25) is 0 Å². The Morgan fingerprint density at radius 1 is 1.33 bits per heavy atom. The summed E-state index contributed by atoms with van der Waals surface area (Å²) in [6.45, 7) is 0.760. The van der Waals surface area contributed by atoms with Crippen LogP contribution < -0.4 is 0 Å². The van der Waals surface area contributed by atoms with Gasteiger partial charge in [-0.25, -0.2) is 0 Å². The molecule has 1 aromatic carbocycles. The quantitative estimate of drug-likeness (QED) is 0.753. The van der Waals surface area contributed by atoms with Gasteiger partial charge in [-0.15, -0.1) is 0 Å². The Labute approximate surface area is 91.2 Å². The molecule has 0 bridgehead atoms. The number of methoxy groups -OCH3 is 1. The van der Waals surface area contributed by atoms with E-state index in [2.05, 4.69) is 30.3 Å². The molecule has 2 nitrogen and oxygen atoms in total. The third kappa shape index (κ3) is 3.05. The molecule has 15 heavy (non-hydrogen) atoms. The molecular formula is C13H18O2. The van der Waals surface area contributed by atoms with E-state index in [1.165, 1.54) is 5.56 Å². The van der Waals surface area contributed by atoms with Crippen molar-refractivity contribution >= 4 is 0 Å². The van der Waals surface area contributed by atoms with Crippen LogP contribution in [0.3, 0.4) is 0 Å². The van der Waals surface area contributed by atoms with Gasteiger partial charge in [0.25, 0.3) is 0 Å². The van der Waals surface area contributed by atoms with Crippen LogP contribution in [-0.4, -0.2) is 25.9 Å². The Balaban J connectivity index is 1.75. The summed E-state index contributed by atoms with van der Waals surface area (Å²) in [6, 6.07) is 10.6. The van der Waals surface area contributed by atoms with Crippen LogP contribution in [0.1, 0.15) is 18.4 Å². The maximum atomic E-state index is 5.65. The summed E-state index contributed by atoms with van der Waals surface area (Å²) in [4.78, 5) is 0. The highest BCUT2D eigenvalue weighted by atomic mass is 16.5. The lowest BCUT2D eigenvalue weighted by Gasteiger charge is -2.08. The summed E-state index contributed by atoms with van der Waals surface area (Å²) in [5.74, 6) is 0. The Bertz CT molecular complexity index is 284. The largest absolute Gasteiger partial charge is 0.379 e. The molecule has 0 saturated carbocycles. The van der Waals surface area contributed by atoms with Crippen molar-refractivity contribution in [2.75, 3.05) is 13.7 Å². The van der Waals surface area contributed by atoms with Gasteiger partial charge in [0, 0.05) is 13.5 Å². The van der Waals surface area contributed by atoms with Crippen LogP contribution >= 0.6 is 0 Å². The van der Waals surface area contributed by atoms with Crippen LogP contribution in [0.25, 0.3) is 0 Å². The maximum Gasteiger partial charge on any atom is 0.0829 e. The number of rotatable bonds is 4. The van der Waals surface area contributed by atoms with Gasteiger partial charge in [0.05, 0.1) is 18.8 Å². The average molecular weight is 206 g/mol. The van der Waals surface area contributed by atoms with E-state index >= 15 is 0 Å². The second kappa shape index (κ2) is 5.29. The van der Waals surface area contributed by atoms with Crippen LogP contribution in [-0.2, 0) is 15.9 Å². The molecule has 2 rings (SSSR count). The monoisotopic (exact) mass is 206 g/mol. The van der Waals surface area contributed by atoms with Crippen LogP contribution in [0.2, 0.25) is 0 Å². The zero-order valence-electron chi connectivity index (χ0n) is 9.19. The van der Waals surface area contributed by atoms with Gasteiger partial charge in [-0.1, -0.05) is 30.3 Å². The average Bonchev–Trinajstić information content (AvgIpc) is 2.76. The van der Waals surface area contributed by atoms with Gasteiger partial charge in [-0.05, 0) is 18.4 Å². The third-order valence-corrected chi connectivity index (χ3v) is 2.97. The Morgan fingerprint density at radius 2 is 2.13 bits per heavy atom. The van der Waals surface area contributed by atoms with Crippen LogP contribution in [0.4, 0.5) is 0 Å². The summed E-state index contributed by atoms with van der Waals surface area (Å²) in [5.41, 5.74) is 1.39. The molecule has 0 aliphatic carbocycles. The summed E-state index contributed by atoms with van der Waals surface area (Å²) < 4.78 is 10.9. The van der Waals surface area contributed by atoms with Crippen molar-refractivity contribution in [2.45, 2.75) is 31.5 Å².